The molecule has 0 N–H and O–H groups in total. The van der Waals surface area contributed by atoms with E-state index in [1.165, 1.54) is 0 Å². The molecule has 0 radical (unpaired) electrons. The minimum absolute atomic E-state index is 0.987. The number of thioether (sulfide) groups is 1. The number of hydrogen-bond donors (Lipinski definition) is 0. The number of nitrogens with zero attached hydrogens (tertiary/aromatic N) is 2. The van der Waals surface area contributed by atoms with Crippen molar-refractivity contribution < 1.29 is 0 Å². The molecule has 1 aromatic rings. The quantitative estimate of drug-likeness (QED) is 0.584. The van der Waals surface area contributed by atoms with Crippen LogP contribution in [0.2, 0.25) is 0 Å². The Hall–Kier alpha value is -1.09. The van der Waals surface area contributed by atoms with Crippen LogP contribution in [0.1, 0.15) is 11.3 Å². The first-order chi connectivity index (χ1) is 5.47. The van der Waals surface area contributed by atoms with Gasteiger partial charge in [0.15, 0.2) is 0 Å². The van der Waals surface area contributed by atoms with Crippen molar-refractivity contribution in [3.05, 3.63) is 34.6 Å². The fourth-order valence-corrected chi connectivity index (χ4v) is 1.40. The highest BCUT2D eigenvalue weighted by molar-refractivity contribution is 8.05. The Balaban J connectivity index is 2.58. The van der Waals surface area contributed by atoms with Gasteiger partial charge >= 0.3 is 0 Å². The molecule has 3 heteroatoms. The van der Waals surface area contributed by atoms with E-state index < -0.39 is 0 Å². The van der Waals surface area contributed by atoms with E-state index in [1.807, 2.05) is 29.2 Å². The normalized spacial score (nSPS) is 14.2. The van der Waals surface area contributed by atoms with E-state index in [-0.39, 0.29) is 0 Å². The summed E-state index contributed by atoms with van der Waals surface area (Å²) in [7, 11) is 0. The van der Waals surface area contributed by atoms with Crippen LogP contribution in [0.3, 0.4) is 0 Å². The molecular weight excluding hydrogens is 156 g/mol. The molecule has 0 unspecified atom stereocenters. The summed E-state index contributed by atoms with van der Waals surface area (Å²) in [5.74, 6) is 0. The lowest BCUT2D eigenvalue weighted by molar-refractivity contribution is 1.14. The lowest BCUT2D eigenvalue weighted by Gasteiger charge is -1.94. The largest absolute Gasteiger partial charge is 0.244 e. The van der Waals surface area contributed by atoms with Gasteiger partial charge in [-0.2, -0.15) is 0 Å². The maximum absolute atomic E-state index is 4.12. The fourth-order valence-electron chi connectivity index (χ4n) is 0.879. The van der Waals surface area contributed by atoms with E-state index in [4.69, 9.17) is 0 Å². The van der Waals surface area contributed by atoms with Gasteiger partial charge in [-0.25, -0.2) is 9.97 Å². The van der Waals surface area contributed by atoms with Gasteiger partial charge in [0, 0.05) is 11.8 Å². The van der Waals surface area contributed by atoms with Crippen LogP contribution >= 0.6 is 11.8 Å². The minimum atomic E-state index is 0.987. The Morgan fingerprint density at radius 1 is 1.18 bits per heavy atom. The third-order valence-corrected chi connectivity index (χ3v) is 1.99. The molecule has 0 saturated carbocycles. The molecule has 11 heavy (non-hydrogen) atoms. The molecule has 54 valence electrons. The molecule has 2 nitrogen and oxygen atoms in total. The lowest BCUT2D eigenvalue weighted by Crippen LogP contribution is -1.86. The summed E-state index contributed by atoms with van der Waals surface area (Å²) in [5.41, 5.74) is 2.06. The predicted molar refractivity (Wildman–Crippen MR) is 47.7 cm³/mol. The van der Waals surface area contributed by atoms with Crippen molar-refractivity contribution >= 4 is 23.9 Å². The van der Waals surface area contributed by atoms with Crippen LogP contribution in [-0.2, 0) is 0 Å². The van der Waals surface area contributed by atoms with E-state index in [2.05, 4.69) is 9.97 Å². The SMILES string of the molecule is C1=Cc2cncnc2C=CS1. The first-order valence-corrected chi connectivity index (χ1v) is 4.20. The summed E-state index contributed by atoms with van der Waals surface area (Å²) in [5, 5.41) is 4.03. The van der Waals surface area contributed by atoms with Crippen LogP contribution < -0.4 is 0 Å². The number of hydrogen-bond acceptors (Lipinski definition) is 3. The molecule has 1 aliphatic rings. The zero-order valence-corrected chi connectivity index (χ0v) is 6.58. The summed E-state index contributed by atoms with van der Waals surface area (Å²) in [6, 6.07) is 0. The van der Waals surface area contributed by atoms with Crippen LogP contribution in [0.25, 0.3) is 12.2 Å². The second kappa shape index (κ2) is 2.88. The Kier molecular flexibility index (Phi) is 1.73. The molecule has 0 atom stereocenters. The average molecular weight is 162 g/mol. The number of rotatable bonds is 0. The van der Waals surface area contributed by atoms with E-state index in [9.17, 15) is 0 Å². The van der Waals surface area contributed by atoms with Crippen molar-refractivity contribution in [3.63, 3.8) is 0 Å². The Morgan fingerprint density at radius 2 is 2.09 bits per heavy atom. The lowest BCUT2D eigenvalue weighted by atomic mass is 10.2. The molecule has 0 aliphatic carbocycles. The number of aromatic nitrogens is 2. The molecule has 0 saturated heterocycles. The van der Waals surface area contributed by atoms with Crippen molar-refractivity contribution in [2.45, 2.75) is 0 Å². The van der Waals surface area contributed by atoms with Gasteiger partial charge in [0.05, 0.1) is 5.69 Å². The minimum Gasteiger partial charge on any atom is -0.244 e. The molecule has 1 aromatic heterocycles. The summed E-state index contributed by atoms with van der Waals surface area (Å²) in [6.45, 7) is 0. The molecule has 0 bridgehead atoms. The second-order valence-corrected chi connectivity index (χ2v) is 2.92. The van der Waals surface area contributed by atoms with E-state index >= 15 is 0 Å². The zero-order valence-electron chi connectivity index (χ0n) is 5.77. The summed E-state index contributed by atoms with van der Waals surface area (Å²) >= 11 is 1.64. The average Bonchev–Trinajstić information content (AvgIpc) is 2.28. The molecule has 0 amide bonds. The third kappa shape index (κ3) is 1.33. The van der Waals surface area contributed by atoms with Crippen LogP contribution in [0.15, 0.2) is 23.3 Å². The highest BCUT2D eigenvalue weighted by Crippen LogP contribution is 2.18. The molecule has 0 fully saturated rings. The van der Waals surface area contributed by atoms with Crippen molar-refractivity contribution in [1.29, 1.82) is 0 Å². The van der Waals surface area contributed by atoms with Crippen LogP contribution in [-0.4, -0.2) is 9.97 Å². The van der Waals surface area contributed by atoms with Gasteiger partial charge in [0.1, 0.15) is 6.33 Å². The fraction of sp³-hybridized carbons (Fsp3) is 0. The third-order valence-electron chi connectivity index (χ3n) is 1.40. The summed E-state index contributed by atoms with van der Waals surface area (Å²) in [4.78, 5) is 8.05. The highest BCUT2D eigenvalue weighted by atomic mass is 32.2. The van der Waals surface area contributed by atoms with Crippen molar-refractivity contribution in [2.24, 2.45) is 0 Å². The second-order valence-electron chi connectivity index (χ2n) is 2.10. The molecule has 0 spiro atoms. The summed E-state index contributed by atoms with van der Waals surface area (Å²) < 4.78 is 0. The first-order valence-electron chi connectivity index (χ1n) is 3.25. The van der Waals surface area contributed by atoms with Gasteiger partial charge in [-0.15, -0.1) is 11.8 Å². The maximum atomic E-state index is 4.12. The topological polar surface area (TPSA) is 25.8 Å². The van der Waals surface area contributed by atoms with E-state index in [0.29, 0.717) is 0 Å². The molecule has 1 aliphatic heterocycles. The van der Waals surface area contributed by atoms with Crippen LogP contribution in [0, 0.1) is 0 Å². The molecule has 0 aromatic carbocycles. The maximum Gasteiger partial charge on any atom is 0.116 e. The number of fused-ring (bicyclic) bond motifs is 1. The first kappa shape index (κ1) is 6.61. The Labute approximate surface area is 69.1 Å². The monoisotopic (exact) mass is 162 g/mol. The van der Waals surface area contributed by atoms with Crippen LogP contribution in [0.4, 0.5) is 0 Å². The summed E-state index contributed by atoms with van der Waals surface area (Å²) in [6.07, 6.45) is 7.38. The molecular formula is C8H6N2S. The van der Waals surface area contributed by atoms with Gasteiger partial charge in [-0.05, 0) is 23.0 Å². The van der Waals surface area contributed by atoms with E-state index in [1.54, 1.807) is 18.1 Å². The highest BCUT2D eigenvalue weighted by Gasteiger charge is 1.97. The van der Waals surface area contributed by atoms with Gasteiger partial charge in [0.2, 0.25) is 0 Å². The van der Waals surface area contributed by atoms with Gasteiger partial charge in [-0.1, -0.05) is 0 Å². The molecule has 2 heterocycles. The standard InChI is InChI=1S/C8H6N2S/c1-3-11-4-2-8-7(1)5-9-6-10-8/h1-6H. The van der Waals surface area contributed by atoms with E-state index in [0.717, 1.165) is 11.3 Å². The Morgan fingerprint density at radius 3 is 3.09 bits per heavy atom. The van der Waals surface area contributed by atoms with Crippen molar-refractivity contribution in [1.82, 2.24) is 9.97 Å². The van der Waals surface area contributed by atoms with Gasteiger partial charge < -0.3 is 0 Å². The zero-order chi connectivity index (χ0) is 7.52. The van der Waals surface area contributed by atoms with Gasteiger partial charge in [0.25, 0.3) is 0 Å². The van der Waals surface area contributed by atoms with Crippen LogP contribution in [0.5, 0.6) is 0 Å². The molecule has 2 rings (SSSR count). The predicted octanol–water partition coefficient (Wildman–Crippen LogP) is 2.16. The smallest absolute Gasteiger partial charge is 0.116 e. The van der Waals surface area contributed by atoms with Crippen molar-refractivity contribution in [3.8, 4) is 0 Å². The van der Waals surface area contributed by atoms with Crippen molar-refractivity contribution in [2.75, 3.05) is 0 Å². The Bertz CT molecular complexity index is 287. The van der Waals surface area contributed by atoms with Gasteiger partial charge in [-0.3, -0.25) is 0 Å².